The Bertz CT molecular complexity index is 872. The van der Waals surface area contributed by atoms with E-state index in [1.54, 1.807) is 23.4 Å². The van der Waals surface area contributed by atoms with Crippen molar-refractivity contribution in [1.29, 1.82) is 0 Å². The fourth-order valence-electron chi connectivity index (χ4n) is 2.45. The van der Waals surface area contributed by atoms with Gasteiger partial charge in [-0.25, -0.2) is 13.1 Å². The number of nitrogens with one attached hydrogen (secondary N) is 1. The highest BCUT2D eigenvalue weighted by molar-refractivity contribution is 7.89. The lowest BCUT2D eigenvalue weighted by atomic mass is 10.2. The van der Waals surface area contributed by atoms with Gasteiger partial charge in [-0.15, -0.1) is 0 Å². The molecule has 0 aliphatic heterocycles. The first-order valence-electron chi connectivity index (χ1n) is 8.23. The minimum atomic E-state index is -3.80. The second-order valence-corrected chi connectivity index (χ2v) is 7.45. The number of rotatable bonds is 9. The van der Waals surface area contributed by atoms with Crippen molar-refractivity contribution in [3.8, 4) is 11.5 Å². The first-order valence-corrected chi connectivity index (χ1v) is 9.72. The number of hydrogen-bond acceptors (Lipinski definition) is 6. The van der Waals surface area contributed by atoms with Crippen molar-refractivity contribution in [3.05, 3.63) is 48.3 Å². The van der Waals surface area contributed by atoms with Crippen LogP contribution in [0.3, 0.4) is 0 Å². The van der Waals surface area contributed by atoms with Crippen molar-refractivity contribution < 1.29 is 22.7 Å². The van der Waals surface area contributed by atoms with E-state index >= 15 is 0 Å². The molecule has 1 amide bonds. The summed E-state index contributed by atoms with van der Waals surface area (Å²) < 4.78 is 37.9. The largest absolute Gasteiger partial charge is 0.497 e. The first-order chi connectivity index (χ1) is 12.9. The lowest BCUT2D eigenvalue weighted by Gasteiger charge is -2.21. The van der Waals surface area contributed by atoms with E-state index in [1.165, 1.54) is 33.3 Å². The summed E-state index contributed by atoms with van der Waals surface area (Å²) in [5.41, 5.74) is 0.917. The van der Waals surface area contributed by atoms with Gasteiger partial charge < -0.3 is 14.4 Å². The van der Waals surface area contributed by atoms with E-state index in [9.17, 15) is 13.2 Å². The van der Waals surface area contributed by atoms with Crippen LogP contribution in [0.25, 0.3) is 0 Å². The molecular formula is C18H23N3O5S. The average Bonchev–Trinajstić information content (AvgIpc) is 2.67. The molecule has 1 heterocycles. The molecule has 8 nitrogen and oxygen atoms in total. The zero-order valence-electron chi connectivity index (χ0n) is 15.5. The Hall–Kier alpha value is -2.65. The minimum Gasteiger partial charge on any atom is -0.497 e. The standard InChI is InChI=1S/C18H23N3O5S/c1-14(22)21(13-15-6-8-19-9-7-15)11-10-20-27(23,24)18-5-4-16(25-2)12-17(18)26-3/h4-9,12,20H,10-11,13H2,1-3H3. The third-order valence-electron chi connectivity index (χ3n) is 3.90. The van der Waals surface area contributed by atoms with Crippen LogP contribution in [0.4, 0.5) is 0 Å². The summed E-state index contributed by atoms with van der Waals surface area (Å²) in [6, 6.07) is 8.08. The van der Waals surface area contributed by atoms with E-state index in [2.05, 4.69) is 9.71 Å². The van der Waals surface area contributed by atoms with Crippen molar-refractivity contribution in [3.63, 3.8) is 0 Å². The van der Waals surface area contributed by atoms with E-state index < -0.39 is 10.0 Å². The van der Waals surface area contributed by atoms with Gasteiger partial charge in [0.15, 0.2) is 0 Å². The highest BCUT2D eigenvalue weighted by Gasteiger charge is 2.20. The molecule has 1 aromatic heterocycles. The van der Waals surface area contributed by atoms with Crippen molar-refractivity contribution in [2.24, 2.45) is 0 Å². The number of hydrogen-bond donors (Lipinski definition) is 1. The Morgan fingerprint density at radius 3 is 2.44 bits per heavy atom. The van der Waals surface area contributed by atoms with Crippen LogP contribution in [-0.2, 0) is 21.4 Å². The molecule has 0 aliphatic rings. The zero-order chi connectivity index (χ0) is 19.9. The van der Waals surface area contributed by atoms with Crippen molar-refractivity contribution in [2.45, 2.75) is 18.4 Å². The Morgan fingerprint density at radius 2 is 1.85 bits per heavy atom. The van der Waals surface area contributed by atoms with Gasteiger partial charge in [0, 0.05) is 45.0 Å². The van der Waals surface area contributed by atoms with Gasteiger partial charge in [0.05, 0.1) is 14.2 Å². The predicted octanol–water partition coefficient (Wildman–Crippen LogP) is 1.43. The molecule has 0 atom stereocenters. The maximum absolute atomic E-state index is 12.6. The highest BCUT2D eigenvalue weighted by Crippen LogP contribution is 2.28. The molecule has 2 aromatic rings. The van der Waals surface area contributed by atoms with Crippen LogP contribution in [0.1, 0.15) is 12.5 Å². The summed E-state index contributed by atoms with van der Waals surface area (Å²) in [5.74, 6) is 0.529. The van der Waals surface area contributed by atoms with Crippen LogP contribution in [0, 0.1) is 0 Å². The predicted molar refractivity (Wildman–Crippen MR) is 100 cm³/mol. The molecule has 0 aliphatic carbocycles. The molecule has 0 spiro atoms. The topological polar surface area (TPSA) is 97.8 Å². The molecule has 1 aromatic carbocycles. The van der Waals surface area contributed by atoms with E-state index in [0.717, 1.165) is 5.56 Å². The van der Waals surface area contributed by atoms with E-state index in [4.69, 9.17) is 9.47 Å². The van der Waals surface area contributed by atoms with Crippen LogP contribution >= 0.6 is 0 Å². The molecule has 2 rings (SSSR count). The number of sulfonamides is 1. The molecule has 0 radical (unpaired) electrons. The van der Waals surface area contributed by atoms with Gasteiger partial charge in [-0.3, -0.25) is 9.78 Å². The van der Waals surface area contributed by atoms with Gasteiger partial charge in [0.25, 0.3) is 0 Å². The van der Waals surface area contributed by atoms with Crippen LogP contribution < -0.4 is 14.2 Å². The lowest BCUT2D eigenvalue weighted by molar-refractivity contribution is -0.129. The lowest BCUT2D eigenvalue weighted by Crippen LogP contribution is -2.37. The highest BCUT2D eigenvalue weighted by atomic mass is 32.2. The summed E-state index contributed by atoms with van der Waals surface area (Å²) in [7, 11) is -0.925. The van der Waals surface area contributed by atoms with Crippen LogP contribution in [-0.4, -0.2) is 51.5 Å². The van der Waals surface area contributed by atoms with E-state index in [1.807, 2.05) is 12.1 Å². The summed E-state index contributed by atoms with van der Waals surface area (Å²) in [5, 5.41) is 0. The number of amides is 1. The average molecular weight is 393 g/mol. The number of benzene rings is 1. The summed E-state index contributed by atoms with van der Waals surface area (Å²) in [6.07, 6.45) is 3.29. The molecular weight excluding hydrogens is 370 g/mol. The zero-order valence-corrected chi connectivity index (χ0v) is 16.3. The number of pyridine rings is 1. The molecule has 9 heteroatoms. The fourth-order valence-corrected chi connectivity index (χ4v) is 3.62. The number of aromatic nitrogens is 1. The molecule has 1 N–H and O–H groups in total. The van der Waals surface area contributed by atoms with Gasteiger partial charge in [0.1, 0.15) is 16.4 Å². The molecule has 0 unspecified atom stereocenters. The molecule has 0 bridgehead atoms. The van der Waals surface area contributed by atoms with Crippen molar-refractivity contribution in [1.82, 2.24) is 14.6 Å². The normalized spacial score (nSPS) is 11.1. The first kappa shape index (κ1) is 20.7. The number of nitrogens with zero attached hydrogens (tertiary/aromatic N) is 2. The second-order valence-electron chi connectivity index (χ2n) is 5.71. The van der Waals surface area contributed by atoms with Crippen molar-refractivity contribution >= 4 is 15.9 Å². The summed E-state index contributed by atoms with van der Waals surface area (Å²) in [4.78, 5) is 17.3. The Kier molecular flexibility index (Phi) is 7.14. The van der Waals surface area contributed by atoms with Crippen LogP contribution in [0.5, 0.6) is 11.5 Å². The minimum absolute atomic E-state index is 0.00862. The summed E-state index contributed by atoms with van der Waals surface area (Å²) in [6.45, 7) is 2.13. The maximum atomic E-state index is 12.6. The third kappa shape index (κ3) is 5.66. The SMILES string of the molecule is COc1ccc(S(=O)(=O)NCCN(Cc2ccncc2)C(C)=O)c(OC)c1. The number of methoxy groups -OCH3 is 2. The van der Waals surface area contributed by atoms with Gasteiger partial charge in [-0.1, -0.05) is 0 Å². The molecule has 0 fully saturated rings. The Morgan fingerprint density at radius 1 is 1.15 bits per heavy atom. The van der Waals surface area contributed by atoms with Gasteiger partial charge >= 0.3 is 0 Å². The molecule has 0 saturated heterocycles. The van der Waals surface area contributed by atoms with E-state index in [-0.39, 0.29) is 29.6 Å². The molecule has 27 heavy (non-hydrogen) atoms. The maximum Gasteiger partial charge on any atom is 0.244 e. The number of carbonyl (C=O) groups is 1. The monoisotopic (exact) mass is 393 g/mol. The van der Waals surface area contributed by atoms with E-state index in [0.29, 0.717) is 12.3 Å². The molecule has 146 valence electrons. The Labute approximate surface area is 159 Å². The van der Waals surface area contributed by atoms with Gasteiger partial charge in [0.2, 0.25) is 15.9 Å². The third-order valence-corrected chi connectivity index (χ3v) is 5.40. The van der Waals surface area contributed by atoms with Crippen LogP contribution in [0.2, 0.25) is 0 Å². The second kappa shape index (κ2) is 9.33. The number of carbonyl (C=O) groups excluding carboxylic acids is 1. The number of ether oxygens (including phenoxy) is 2. The summed E-state index contributed by atoms with van der Waals surface area (Å²) >= 11 is 0. The van der Waals surface area contributed by atoms with Crippen LogP contribution in [0.15, 0.2) is 47.6 Å². The fraction of sp³-hybridized carbons (Fsp3) is 0.333. The molecule has 0 saturated carbocycles. The van der Waals surface area contributed by atoms with Gasteiger partial charge in [-0.2, -0.15) is 0 Å². The smallest absolute Gasteiger partial charge is 0.244 e. The van der Waals surface area contributed by atoms with Crippen molar-refractivity contribution in [2.75, 3.05) is 27.3 Å². The quantitative estimate of drug-likeness (QED) is 0.692. The Balaban J connectivity index is 2.04. The van der Waals surface area contributed by atoms with Gasteiger partial charge in [-0.05, 0) is 29.8 Å².